The number of nitrogens with one attached hydrogen (secondary N) is 1. The minimum Gasteiger partial charge on any atom is -0.322 e. The van der Waals surface area contributed by atoms with Gasteiger partial charge in [-0.15, -0.1) is 0 Å². The molecule has 1 N–H and O–H groups in total. The summed E-state index contributed by atoms with van der Waals surface area (Å²) in [5, 5.41) is 0.978. The molecule has 1 heterocycles. The van der Waals surface area contributed by atoms with Crippen molar-refractivity contribution in [3.05, 3.63) is 75.6 Å². The van der Waals surface area contributed by atoms with Crippen molar-refractivity contribution >= 4 is 22.5 Å². The molecule has 0 aliphatic rings. The highest BCUT2D eigenvalue weighted by molar-refractivity contribution is 5.93. The van der Waals surface area contributed by atoms with Crippen molar-refractivity contribution in [1.82, 2.24) is 4.98 Å². The molecule has 4 heteroatoms. The van der Waals surface area contributed by atoms with Crippen LogP contribution in [0.1, 0.15) is 36.5 Å². The maximum Gasteiger partial charge on any atom is 0.253 e. The quantitative estimate of drug-likeness (QED) is 0.739. The summed E-state index contributed by atoms with van der Waals surface area (Å²) < 4.78 is 0. The van der Waals surface area contributed by atoms with Gasteiger partial charge in [0, 0.05) is 23.2 Å². The second-order valence-electron chi connectivity index (χ2n) is 6.78. The van der Waals surface area contributed by atoms with Gasteiger partial charge in [-0.05, 0) is 56.0 Å². The second-order valence-corrected chi connectivity index (χ2v) is 6.78. The topological polar surface area (TPSA) is 53.2 Å². The first-order valence-electron chi connectivity index (χ1n) is 8.97. The number of hydrogen-bond acceptors (Lipinski definition) is 2. The van der Waals surface area contributed by atoms with Crippen molar-refractivity contribution in [3.8, 4) is 0 Å². The third kappa shape index (κ3) is 3.85. The first-order valence-corrected chi connectivity index (χ1v) is 8.97. The molecular weight excluding hydrogens is 324 g/mol. The number of rotatable bonds is 5. The number of anilines is 1. The highest BCUT2D eigenvalue weighted by Crippen LogP contribution is 2.20. The van der Waals surface area contributed by atoms with Crippen molar-refractivity contribution in [2.45, 2.75) is 40.2 Å². The molecule has 0 fully saturated rings. The smallest absolute Gasteiger partial charge is 0.253 e. The number of benzene rings is 2. The summed E-state index contributed by atoms with van der Waals surface area (Å²) in [5.74, 6) is 0.0279. The van der Waals surface area contributed by atoms with Crippen LogP contribution in [0.15, 0.2) is 53.3 Å². The Kier molecular flexibility index (Phi) is 5.21. The predicted octanol–water partition coefficient (Wildman–Crippen LogP) is 4.48. The molecule has 0 atom stereocenters. The fraction of sp³-hybridized carbons (Fsp3) is 0.273. The molecular formula is C22H24N2O2. The lowest BCUT2D eigenvalue weighted by Gasteiger charge is -2.23. The summed E-state index contributed by atoms with van der Waals surface area (Å²) in [6.07, 6.45) is 1.23. The Morgan fingerprint density at radius 2 is 1.69 bits per heavy atom. The van der Waals surface area contributed by atoms with E-state index in [0.717, 1.165) is 34.1 Å². The molecule has 0 saturated heterocycles. The van der Waals surface area contributed by atoms with Crippen LogP contribution >= 0.6 is 0 Å². The number of carbonyl (C=O) groups is 1. The lowest BCUT2D eigenvalue weighted by molar-refractivity contribution is -0.118. The van der Waals surface area contributed by atoms with Gasteiger partial charge in [-0.2, -0.15) is 0 Å². The van der Waals surface area contributed by atoms with Gasteiger partial charge in [-0.3, -0.25) is 9.59 Å². The average Bonchev–Trinajstić information content (AvgIpc) is 2.61. The Hall–Kier alpha value is -2.88. The Morgan fingerprint density at radius 1 is 1.00 bits per heavy atom. The number of H-pyrrole nitrogens is 1. The lowest BCUT2D eigenvalue weighted by atomic mass is 10.1. The molecule has 1 aromatic heterocycles. The van der Waals surface area contributed by atoms with Crippen LogP contribution in [0.2, 0.25) is 0 Å². The molecule has 2 aromatic carbocycles. The SMILES string of the molecule is CCCC(=O)N(Cc1cc2cc(C)ccc2[nH]c1=O)c1ccc(C)cc1. The first kappa shape index (κ1) is 17.9. The number of aromatic nitrogens is 1. The first-order chi connectivity index (χ1) is 12.5. The van der Waals surface area contributed by atoms with E-state index in [2.05, 4.69) is 4.98 Å². The number of hydrogen-bond donors (Lipinski definition) is 1. The molecule has 3 aromatic rings. The zero-order valence-corrected chi connectivity index (χ0v) is 15.5. The van der Waals surface area contributed by atoms with E-state index in [4.69, 9.17) is 0 Å². The maximum absolute atomic E-state index is 12.7. The Labute approximate surface area is 153 Å². The lowest BCUT2D eigenvalue weighted by Crippen LogP contribution is -2.32. The van der Waals surface area contributed by atoms with Gasteiger partial charge >= 0.3 is 0 Å². The molecule has 1 amide bonds. The van der Waals surface area contributed by atoms with Gasteiger partial charge in [0.2, 0.25) is 5.91 Å². The highest BCUT2D eigenvalue weighted by atomic mass is 16.2. The molecule has 0 saturated carbocycles. The van der Waals surface area contributed by atoms with Gasteiger partial charge in [0.1, 0.15) is 0 Å². The van der Waals surface area contributed by atoms with Crippen molar-refractivity contribution in [2.75, 3.05) is 4.90 Å². The molecule has 134 valence electrons. The summed E-state index contributed by atoms with van der Waals surface area (Å²) >= 11 is 0. The summed E-state index contributed by atoms with van der Waals surface area (Å²) in [5.41, 5.74) is 4.34. The van der Waals surface area contributed by atoms with Crippen LogP contribution in [-0.4, -0.2) is 10.9 Å². The molecule has 0 aliphatic carbocycles. The summed E-state index contributed by atoms with van der Waals surface area (Å²) in [6, 6.07) is 15.6. The van der Waals surface area contributed by atoms with Gasteiger partial charge in [-0.25, -0.2) is 0 Å². The van der Waals surface area contributed by atoms with Crippen LogP contribution in [0.4, 0.5) is 5.69 Å². The van der Waals surface area contributed by atoms with Gasteiger partial charge in [0.05, 0.1) is 6.54 Å². The van der Waals surface area contributed by atoms with Gasteiger partial charge in [-0.1, -0.05) is 36.2 Å². The fourth-order valence-electron chi connectivity index (χ4n) is 3.06. The van der Waals surface area contributed by atoms with E-state index < -0.39 is 0 Å². The maximum atomic E-state index is 12.7. The number of aromatic amines is 1. The minimum atomic E-state index is -0.150. The van der Waals surface area contributed by atoms with E-state index in [1.807, 2.05) is 69.3 Å². The van der Waals surface area contributed by atoms with Crippen molar-refractivity contribution in [2.24, 2.45) is 0 Å². The third-order valence-electron chi connectivity index (χ3n) is 4.52. The van der Waals surface area contributed by atoms with Crippen LogP contribution in [0, 0.1) is 13.8 Å². The zero-order valence-electron chi connectivity index (χ0n) is 15.5. The predicted molar refractivity (Wildman–Crippen MR) is 107 cm³/mol. The second kappa shape index (κ2) is 7.56. The minimum absolute atomic E-state index is 0.0279. The Balaban J connectivity index is 2.01. The Morgan fingerprint density at radius 3 is 2.38 bits per heavy atom. The summed E-state index contributed by atoms with van der Waals surface area (Å²) in [6.45, 7) is 6.28. The molecule has 0 radical (unpaired) electrons. The summed E-state index contributed by atoms with van der Waals surface area (Å²) in [7, 11) is 0. The number of pyridine rings is 1. The van der Waals surface area contributed by atoms with Crippen LogP contribution in [0.25, 0.3) is 10.9 Å². The highest BCUT2D eigenvalue weighted by Gasteiger charge is 2.17. The van der Waals surface area contributed by atoms with Gasteiger partial charge in [0.15, 0.2) is 0 Å². The largest absolute Gasteiger partial charge is 0.322 e. The summed E-state index contributed by atoms with van der Waals surface area (Å²) in [4.78, 5) is 29.8. The number of fused-ring (bicyclic) bond motifs is 1. The molecule has 0 aliphatic heterocycles. The molecule has 3 rings (SSSR count). The van der Waals surface area contributed by atoms with Crippen molar-refractivity contribution in [1.29, 1.82) is 0 Å². The molecule has 4 nitrogen and oxygen atoms in total. The van der Waals surface area contributed by atoms with E-state index >= 15 is 0 Å². The average molecular weight is 348 g/mol. The standard InChI is InChI=1S/C22H24N2O2/c1-4-5-21(25)24(19-9-6-15(2)7-10-19)14-18-13-17-12-16(3)8-11-20(17)23-22(18)26/h6-13H,4-5,14H2,1-3H3,(H,23,26). The number of carbonyl (C=O) groups excluding carboxylic acids is 1. The normalized spacial score (nSPS) is 10.9. The van der Waals surface area contributed by atoms with E-state index in [-0.39, 0.29) is 18.0 Å². The van der Waals surface area contributed by atoms with E-state index in [1.54, 1.807) is 4.90 Å². The zero-order chi connectivity index (χ0) is 18.7. The molecule has 26 heavy (non-hydrogen) atoms. The number of amides is 1. The van der Waals surface area contributed by atoms with Crippen molar-refractivity contribution < 1.29 is 4.79 Å². The number of nitrogens with zero attached hydrogens (tertiary/aromatic N) is 1. The van der Waals surface area contributed by atoms with Crippen LogP contribution in [0.5, 0.6) is 0 Å². The van der Waals surface area contributed by atoms with Gasteiger partial charge < -0.3 is 9.88 Å². The molecule has 0 unspecified atom stereocenters. The van der Waals surface area contributed by atoms with Crippen molar-refractivity contribution in [3.63, 3.8) is 0 Å². The molecule has 0 bridgehead atoms. The van der Waals surface area contributed by atoms with Gasteiger partial charge in [0.25, 0.3) is 5.56 Å². The Bertz CT molecular complexity index is 987. The van der Waals surface area contributed by atoms with E-state index in [9.17, 15) is 9.59 Å². The molecule has 0 spiro atoms. The van der Waals surface area contributed by atoms with Crippen LogP contribution in [0.3, 0.4) is 0 Å². The fourth-order valence-corrected chi connectivity index (χ4v) is 3.06. The van der Waals surface area contributed by atoms with E-state index in [1.165, 1.54) is 0 Å². The third-order valence-corrected chi connectivity index (χ3v) is 4.52. The van der Waals surface area contributed by atoms with Crippen LogP contribution < -0.4 is 10.5 Å². The van der Waals surface area contributed by atoms with Crippen LogP contribution in [-0.2, 0) is 11.3 Å². The number of aryl methyl sites for hydroxylation is 2. The van der Waals surface area contributed by atoms with E-state index in [0.29, 0.717) is 12.0 Å². The monoisotopic (exact) mass is 348 g/mol.